The van der Waals surface area contributed by atoms with E-state index >= 15 is 0 Å². The number of unbranched alkanes of at least 4 members (excludes halogenated alkanes) is 1. The van der Waals surface area contributed by atoms with E-state index in [-0.39, 0.29) is 35.6 Å². The minimum Gasteiger partial charge on any atom is -0.875 e. The van der Waals surface area contributed by atoms with Gasteiger partial charge in [-0.25, -0.2) is 0 Å². The van der Waals surface area contributed by atoms with Crippen LogP contribution in [-0.2, 0) is 30.5 Å². The van der Waals surface area contributed by atoms with Gasteiger partial charge < -0.3 is 31.5 Å². The second-order valence-corrected chi connectivity index (χ2v) is 15.2. The van der Waals surface area contributed by atoms with Crippen LogP contribution in [0.15, 0.2) is 126 Å². The fourth-order valence-electron chi connectivity index (χ4n) is 7.83. The van der Waals surface area contributed by atoms with E-state index in [9.17, 15) is 20.1 Å². The fourth-order valence-corrected chi connectivity index (χ4v) is 7.83. The predicted octanol–water partition coefficient (Wildman–Crippen LogP) is 8.04. The highest BCUT2D eigenvalue weighted by Gasteiger charge is 2.33. The molecule has 0 fully saturated rings. The summed E-state index contributed by atoms with van der Waals surface area (Å²) in [5.74, 6) is 0.445. The van der Waals surface area contributed by atoms with Crippen molar-refractivity contribution >= 4 is 12.0 Å². The summed E-state index contributed by atoms with van der Waals surface area (Å²) in [4.78, 5) is 16.7. The topological polar surface area (TPSA) is 154 Å². The quantitative estimate of drug-likeness (QED) is 0.0347. The number of carbonyl (C=O) groups is 1. The van der Waals surface area contributed by atoms with Crippen LogP contribution in [0.3, 0.4) is 0 Å². The zero-order valence-electron chi connectivity index (χ0n) is 32.3. The zero-order chi connectivity index (χ0) is 39.4. The van der Waals surface area contributed by atoms with Crippen molar-refractivity contribution in [1.82, 2.24) is 0 Å². The number of aromatic hydroxyl groups is 2. The van der Waals surface area contributed by atoms with Crippen LogP contribution in [-0.4, -0.2) is 28.8 Å². The second kappa shape index (κ2) is 19.4. The van der Waals surface area contributed by atoms with E-state index in [0.29, 0.717) is 54.9 Å². The molecular formula is C48H54N3O5-. The molecule has 1 aliphatic heterocycles. The number of allylic oxidation sites excluding steroid dienone is 5. The van der Waals surface area contributed by atoms with Crippen LogP contribution in [0.2, 0.25) is 0 Å². The largest absolute Gasteiger partial charge is 0.875 e. The zero-order valence-corrected chi connectivity index (χ0v) is 32.3. The van der Waals surface area contributed by atoms with Gasteiger partial charge >= 0.3 is 0 Å². The summed E-state index contributed by atoms with van der Waals surface area (Å²) in [5, 5.41) is 35.6. The molecule has 0 radical (unpaired) electrons. The van der Waals surface area contributed by atoms with E-state index < -0.39 is 12.1 Å². The van der Waals surface area contributed by atoms with Gasteiger partial charge in [0.05, 0.1) is 12.8 Å². The summed E-state index contributed by atoms with van der Waals surface area (Å²) in [7, 11) is 0. The normalized spacial score (nSPS) is 17.7. The van der Waals surface area contributed by atoms with Crippen molar-refractivity contribution in [2.75, 3.05) is 6.61 Å². The van der Waals surface area contributed by atoms with Gasteiger partial charge in [0.2, 0.25) is 0 Å². The maximum Gasteiger partial charge on any atom is 0.161 e. The highest BCUT2D eigenvalue weighted by atomic mass is 16.5. The Morgan fingerprint density at radius 1 is 0.911 bits per heavy atom. The number of aryl methyl sites for hydroxylation is 3. The van der Waals surface area contributed by atoms with Gasteiger partial charge in [0, 0.05) is 36.7 Å². The number of phenols is 2. The summed E-state index contributed by atoms with van der Waals surface area (Å²) in [6.45, 7) is 2.57. The first-order chi connectivity index (χ1) is 27.2. The number of ketones is 1. The van der Waals surface area contributed by atoms with Crippen molar-refractivity contribution < 1.29 is 24.9 Å². The van der Waals surface area contributed by atoms with Crippen LogP contribution in [0.5, 0.6) is 17.2 Å². The maximum absolute atomic E-state index is 13.8. The van der Waals surface area contributed by atoms with E-state index in [1.165, 1.54) is 12.0 Å². The second-order valence-electron chi connectivity index (χ2n) is 15.2. The van der Waals surface area contributed by atoms with E-state index in [0.717, 1.165) is 53.5 Å². The summed E-state index contributed by atoms with van der Waals surface area (Å²) in [5.41, 5.74) is 19.3. The number of hydrogen-bond acceptors (Lipinski definition) is 8. The molecule has 0 spiro atoms. The summed E-state index contributed by atoms with van der Waals surface area (Å²) in [6, 6.07) is 27.2. The molecule has 0 saturated heterocycles. The molecule has 0 aromatic heterocycles. The van der Waals surface area contributed by atoms with Crippen molar-refractivity contribution in [3.8, 4) is 17.2 Å². The predicted molar refractivity (Wildman–Crippen MR) is 222 cm³/mol. The van der Waals surface area contributed by atoms with Crippen molar-refractivity contribution in [2.45, 2.75) is 83.2 Å². The van der Waals surface area contributed by atoms with Crippen LogP contribution in [0.1, 0.15) is 96.5 Å². The van der Waals surface area contributed by atoms with E-state index in [2.05, 4.69) is 42.2 Å². The average molecular weight is 753 g/mol. The van der Waals surface area contributed by atoms with Crippen LogP contribution >= 0.6 is 0 Å². The van der Waals surface area contributed by atoms with Crippen LogP contribution in [0.25, 0.3) is 0 Å². The number of benzene rings is 4. The van der Waals surface area contributed by atoms with Gasteiger partial charge in [-0.15, -0.1) is 5.76 Å². The van der Waals surface area contributed by atoms with Crippen LogP contribution in [0.4, 0.5) is 0 Å². The molecule has 8 heteroatoms. The van der Waals surface area contributed by atoms with Crippen LogP contribution in [0, 0.1) is 11.8 Å². The van der Waals surface area contributed by atoms with Crippen molar-refractivity contribution in [1.29, 1.82) is 0 Å². The molecular weight excluding hydrogens is 699 g/mol. The third-order valence-electron chi connectivity index (χ3n) is 11.1. The summed E-state index contributed by atoms with van der Waals surface area (Å²) < 4.78 is 6.06. The van der Waals surface area contributed by atoms with Gasteiger partial charge in [0.25, 0.3) is 0 Å². The number of aliphatic imine (C=N–C) groups is 1. The Morgan fingerprint density at radius 2 is 1.70 bits per heavy atom. The smallest absolute Gasteiger partial charge is 0.161 e. The molecule has 4 aromatic rings. The molecule has 2 aliphatic rings. The Bertz CT molecular complexity index is 2070. The molecule has 1 aliphatic carbocycles. The van der Waals surface area contributed by atoms with Gasteiger partial charge in [0.15, 0.2) is 17.3 Å². The van der Waals surface area contributed by atoms with Crippen LogP contribution < -0.4 is 21.3 Å². The Morgan fingerprint density at radius 3 is 2.46 bits per heavy atom. The number of rotatable bonds is 18. The lowest BCUT2D eigenvalue weighted by atomic mass is 9.69. The first-order valence-electron chi connectivity index (χ1n) is 19.9. The van der Waals surface area contributed by atoms with E-state index in [1.807, 2.05) is 42.5 Å². The summed E-state index contributed by atoms with van der Waals surface area (Å²) >= 11 is 0. The first-order valence-corrected chi connectivity index (χ1v) is 19.9. The third kappa shape index (κ3) is 10.6. The molecule has 6 rings (SSSR count). The molecule has 56 heavy (non-hydrogen) atoms. The Balaban J connectivity index is 1.03. The Labute approximate surface area is 331 Å². The highest BCUT2D eigenvalue weighted by Crippen LogP contribution is 2.47. The molecule has 0 bridgehead atoms. The van der Waals surface area contributed by atoms with E-state index in [1.54, 1.807) is 42.8 Å². The highest BCUT2D eigenvalue weighted by molar-refractivity contribution is 5.89. The van der Waals surface area contributed by atoms with Crippen molar-refractivity contribution in [3.63, 3.8) is 0 Å². The lowest BCUT2D eigenvalue weighted by Gasteiger charge is -2.39. The number of phenolic OH excluding ortho intramolecular Hbond substituents is 2. The molecule has 0 unspecified atom stereocenters. The number of nitrogens with two attached hydrogens (primary N) is 2. The molecule has 3 atom stereocenters. The molecule has 0 amide bonds. The average Bonchev–Trinajstić information content (AvgIpc) is 3.76. The third-order valence-corrected chi connectivity index (χ3v) is 11.1. The van der Waals surface area contributed by atoms with Gasteiger partial charge in [-0.1, -0.05) is 86.2 Å². The number of fused-ring (bicyclic) bond motifs is 1. The van der Waals surface area contributed by atoms with Gasteiger partial charge in [0.1, 0.15) is 5.75 Å². The number of ether oxygens (including phenoxy) is 1. The first kappa shape index (κ1) is 40.2. The minimum absolute atomic E-state index is 0.00523. The fraction of sp³-hybridized carbons (Fsp3) is 0.333. The lowest BCUT2D eigenvalue weighted by Crippen LogP contribution is -2.30. The maximum atomic E-state index is 13.8. The standard InChI is InChI=1S/C48H55N3O5/c1-32(12-13-33-9-5-3-6-10-33)8-4-2-7-11-39(52)19-14-34-16-23-44(54)45(29-34)56-27-25-35-15-22-43(53)42(28-35)46-40-20-18-37(48(49)50)30-36(40)17-21-41(46)47(55)38-24-26-51-31-38/h3,5-7,9-11,15-16,18,20,22-24,26,28-32,41,46,48,53-55H,2,4,8,12-14,17,19,21,25,27,49-50H2,1H3/p-1/b11-7+,47-38?/t32-,41+,46+/m1/s1. The Hall–Kier alpha value is -5.44. The molecule has 292 valence electrons. The van der Waals surface area contributed by atoms with Crippen molar-refractivity contribution in [2.24, 2.45) is 28.3 Å². The summed E-state index contributed by atoms with van der Waals surface area (Å²) in [6.07, 6.45) is 16.1. The van der Waals surface area contributed by atoms with Gasteiger partial charge in [-0.3, -0.25) is 9.79 Å². The van der Waals surface area contributed by atoms with E-state index in [4.69, 9.17) is 16.2 Å². The molecule has 1 heterocycles. The van der Waals surface area contributed by atoms with Gasteiger partial charge in [-0.2, -0.15) is 0 Å². The molecule has 0 saturated carbocycles. The molecule has 4 aromatic carbocycles. The Kier molecular flexibility index (Phi) is 14.0. The monoisotopic (exact) mass is 752 g/mol. The molecule has 8 nitrogen and oxygen atoms in total. The SMILES string of the molecule is C[C@H](CCC/C=C/C(=O)CCc1ccc(O)c(OCCc2ccc(O)c([C@H]3c4ccc(C(N)N)cc4CC[C@@H]3C([O-])=C3C=CN=C3)c2)c1)CCc1ccccc1. The van der Waals surface area contributed by atoms with Gasteiger partial charge in [-0.05, 0) is 126 Å². The molecule has 6 N–H and O–H groups in total. The number of nitrogens with zero attached hydrogens (tertiary/aromatic N) is 1. The number of carbonyl (C=O) groups excluding carboxylic acids is 1. The van der Waals surface area contributed by atoms with Crippen molar-refractivity contribution in [3.05, 3.63) is 160 Å². The number of hydrogen-bond donors (Lipinski definition) is 4. The lowest BCUT2D eigenvalue weighted by molar-refractivity contribution is -0.317. The minimum atomic E-state index is -0.611.